The quantitative estimate of drug-likeness (QED) is 0.879. The van der Waals surface area contributed by atoms with Crippen molar-refractivity contribution in [2.24, 2.45) is 5.41 Å². The van der Waals surface area contributed by atoms with E-state index in [2.05, 4.69) is 21.2 Å². The molecule has 0 aromatic heterocycles. The lowest BCUT2D eigenvalue weighted by Crippen LogP contribution is -2.45. The van der Waals surface area contributed by atoms with Crippen molar-refractivity contribution in [3.63, 3.8) is 0 Å². The van der Waals surface area contributed by atoms with E-state index in [1.165, 1.54) is 5.56 Å². The summed E-state index contributed by atoms with van der Waals surface area (Å²) in [5, 5.41) is 12.4. The Morgan fingerprint density at radius 2 is 2.24 bits per heavy atom. The van der Waals surface area contributed by atoms with Crippen LogP contribution in [0, 0.1) is 5.41 Å². The van der Waals surface area contributed by atoms with E-state index in [-0.39, 0.29) is 0 Å². The fraction of sp³-hybridized carbons (Fsp3) is 0.462. The van der Waals surface area contributed by atoms with Gasteiger partial charge in [0.15, 0.2) is 0 Å². The van der Waals surface area contributed by atoms with Crippen molar-refractivity contribution in [3.8, 4) is 0 Å². The van der Waals surface area contributed by atoms with Crippen LogP contribution in [0.5, 0.6) is 0 Å². The van der Waals surface area contributed by atoms with Crippen LogP contribution >= 0.6 is 15.9 Å². The lowest BCUT2D eigenvalue weighted by molar-refractivity contribution is -0.154. The maximum Gasteiger partial charge on any atom is 0.310 e. The third-order valence-corrected chi connectivity index (χ3v) is 3.94. The van der Waals surface area contributed by atoms with Gasteiger partial charge in [-0.1, -0.05) is 34.5 Å². The summed E-state index contributed by atoms with van der Waals surface area (Å²) in [4.78, 5) is 11.2. The molecule has 0 spiro atoms. The molecular weight excluding hydrogens is 282 g/mol. The smallest absolute Gasteiger partial charge is 0.310 e. The molecule has 0 atom stereocenters. The van der Waals surface area contributed by atoms with Gasteiger partial charge in [0.2, 0.25) is 0 Å². The molecule has 1 aliphatic rings. The van der Waals surface area contributed by atoms with Gasteiger partial charge in [-0.2, -0.15) is 0 Å². The van der Waals surface area contributed by atoms with Crippen molar-refractivity contribution in [1.82, 2.24) is 5.32 Å². The monoisotopic (exact) mass is 297 g/mol. The van der Waals surface area contributed by atoms with Crippen molar-refractivity contribution in [2.75, 3.05) is 6.54 Å². The third-order valence-electron chi connectivity index (χ3n) is 3.45. The molecule has 1 aliphatic carbocycles. The Morgan fingerprint density at radius 3 is 2.76 bits per heavy atom. The summed E-state index contributed by atoms with van der Waals surface area (Å²) >= 11 is 3.42. The van der Waals surface area contributed by atoms with Gasteiger partial charge >= 0.3 is 5.97 Å². The molecule has 0 unspecified atom stereocenters. The van der Waals surface area contributed by atoms with Crippen LogP contribution in [-0.4, -0.2) is 17.6 Å². The number of aliphatic carboxylic acids is 1. The Bertz CT molecular complexity index is 416. The predicted molar refractivity (Wildman–Crippen MR) is 69.8 cm³/mol. The molecule has 1 fully saturated rings. The van der Waals surface area contributed by atoms with Crippen molar-refractivity contribution in [1.29, 1.82) is 0 Å². The Morgan fingerprint density at radius 1 is 1.47 bits per heavy atom. The predicted octanol–water partition coefficient (Wildman–Crippen LogP) is 2.79. The van der Waals surface area contributed by atoms with E-state index in [1.54, 1.807) is 0 Å². The molecule has 0 amide bonds. The summed E-state index contributed by atoms with van der Waals surface area (Å²) in [6.45, 7) is 1.28. The van der Waals surface area contributed by atoms with Crippen molar-refractivity contribution in [2.45, 2.75) is 25.8 Å². The first-order chi connectivity index (χ1) is 8.12. The first-order valence-electron chi connectivity index (χ1n) is 5.81. The first-order valence-corrected chi connectivity index (χ1v) is 6.60. The number of halogens is 1. The fourth-order valence-electron chi connectivity index (χ4n) is 2.16. The van der Waals surface area contributed by atoms with Crippen LogP contribution in [0.3, 0.4) is 0 Å². The molecule has 0 saturated heterocycles. The van der Waals surface area contributed by atoms with Crippen molar-refractivity contribution in [3.05, 3.63) is 34.3 Å². The molecule has 2 rings (SSSR count). The second-order valence-corrected chi connectivity index (χ2v) is 5.59. The van der Waals surface area contributed by atoms with Crippen LogP contribution < -0.4 is 5.32 Å². The number of hydrogen-bond donors (Lipinski definition) is 2. The number of rotatable bonds is 5. The van der Waals surface area contributed by atoms with Crippen LogP contribution in [-0.2, 0) is 11.3 Å². The molecule has 0 radical (unpaired) electrons. The van der Waals surface area contributed by atoms with Gasteiger partial charge in [0.1, 0.15) is 0 Å². The van der Waals surface area contributed by atoms with E-state index < -0.39 is 11.4 Å². The summed E-state index contributed by atoms with van der Waals surface area (Å²) in [5.41, 5.74) is 0.658. The van der Waals surface area contributed by atoms with Gasteiger partial charge in [-0.25, -0.2) is 0 Å². The molecule has 2 N–H and O–H groups in total. The third kappa shape index (κ3) is 2.87. The Hall–Kier alpha value is -0.870. The van der Waals surface area contributed by atoms with E-state index in [1.807, 2.05) is 24.3 Å². The molecule has 0 aliphatic heterocycles. The second kappa shape index (κ2) is 5.19. The molecule has 0 heterocycles. The van der Waals surface area contributed by atoms with Crippen molar-refractivity contribution >= 4 is 21.9 Å². The Kier molecular flexibility index (Phi) is 3.84. The van der Waals surface area contributed by atoms with Crippen LogP contribution in [0.2, 0.25) is 0 Å². The molecule has 0 bridgehead atoms. The van der Waals surface area contributed by atoms with Gasteiger partial charge in [-0.15, -0.1) is 0 Å². The van der Waals surface area contributed by atoms with Gasteiger partial charge in [0.25, 0.3) is 0 Å². The highest BCUT2D eigenvalue weighted by molar-refractivity contribution is 9.10. The number of carboxylic acids is 1. The number of hydrogen-bond acceptors (Lipinski definition) is 2. The zero-order valence-corrected chi connectivity index (χ0v) is 11.2. The van der Waals surface area contributed by atoms with Gasteiger partial charge in [-0.05, 0) is 30.5 Å². The molecule has 17 heavy (non-hydrogen) atoms. The maximum atomic E-state index is 11.2. The highest BCUT2D eigenvalue weighted by Crippen LogP contribution is 2.40. The Balaban J connectivity index is 1.85. The highest BCUT2D eigenvalue weighted by atomic mass is 79.9. The number of nitrogens with one attached hydrogen (secondary N) is 1. The summed E-state index contributed by atoms with van der Waals surface area (Å²) in [7, 11) is 0. The summed E-state index contributed by atoms with van der Waals surface area (Å²) in [6, 6.07) is 8.04. The van der Waals surface area contributed by atoms with Gasteiger partial charge in [-0.3, -0.25) is 4.79 Å². The minimum absolute atomic E-state index is 0.508. The molecule has 3 nitrogen and oxygen atoms in total. The van der Waals surface area contributed by atoms with Gasteiger partial charge in [0.05, 0.1) is 5.41 Å². The van der Waals surface area contributed by atoms with Crippen LogP contribution in [0.4, 0.5) is 0 Å². The molecule has 1 aromatic carbocycles. The van der Waals surface area contributed by atoms with Crippen LogP contribution in [0.1, 0.15) is 24.8 Å². The Labute approximate surface area is 109 Å². The lowest BCUT2D eigenvalue weighted by Gasteiger charge is -2.37. The summed E-state index contributed by atoms with van der Waals surface area (Å²) in [6.07, 6.45) is 2.63. The fourth-order valence-corrected chi connectivity index (χ4v) is 2.61. The minimum Gasteiger partial charge on any atom is -0.481 e. The van der Waals surface area contributed by atoms with Crippen LogP contribution in [0.25, 0.3) is 0 Å². The molecular formula is C13H16BrNO2. The minimum atomic E-state index is -0.662. The van der Waals surface area contributed by atoms with Gasteiger partial charge < -0.3 is 10.4 Å². The van der Waals surface area contributed by atoms with E-state index in [9.17, 15) is 9.90 Å². The van der Waals surface area contributed by atoms with Crippen LogP contribution in [0.15, 0.2) is 28.7 Å². The largest absolute Gasteiger partial charge is 0.481 e. The molecule has 4 heteroatoms. The van der Waals surface area contributed by atoms with E-state index in [4.69, 9.17) is 0 Å². The van der Waals surface area contributed by atoms with Crippen molar-refractivity contribution < 1.29 is 9.90 Å². The van der Waals surface area contributed by atoms with E-state index >= 15 is 0 Å². The number of benzene rings is 1. The SMILES string of the molecule is O=C(O)C1(CNCc2cccc(Br)c2)CCC1. The summed E-state index contributed by atoms with van der Waals surface area (Å²) in [5.74, 6) is -0.662. The maximum absolute atomic E-state index is 11.2. The normalized spacial score (nSPS) is 17.5. The lowest BCUT2D eigenvalue weighted by atomic mass is 9.69. The average molecular weight is 298 g/mol. The van der Waals surface area contributed by atoms with Gasteiger partial charge in [0, 0.05) is 17.6 Å². The molecule has 1 aromatic rings. The average Bonchev–Trinajstić information content (AvgIpc) is 2.21. The molecule has 1 saturated carbocycles. The topological polar surface area (TPSA) is 49.3 Å². The number of carboxylic acid groups (broad SMARTS) is 1. The van der Waals surface area contributed by atoms with E-state index in [0.717, 1.165) is 23.7 Å². The zero-order chi connectivity index (χ0) is 12.3. The second-order valence-electron chi connectivity index (χ2n) is 4.67. The summed E-state index contributed by atoms with van der Waals surface area (Å²) < 4.78 is 1.05. The standard InChI is InChI=1S/C13H16BrNO2/c14-11-4-1-3-10(7-11)8-15-9-13(12(16)17)5-2-6-13/h1,3-4,7,15H,2,5-6,8-9H2,(H,16,17). The number of carbonyl (C=O) groups is 1. The zero-order valence-electron chi connectivity index (χ0n) is 9.58. The van der Waals surface area contributed by atoms with E-state index in [0.29, 0.717) is 13.1 Å². The first kappa shape index (κ1) is 12.6. The molecule has 92 valence electrons. The highest BCUT2D eigenvalue weighted by Gasteiger charge is 2.43.